The zero-order valence-corrected chi connectivity index (χ0v) is 20.3. The van der Waals surface area contributed by atoms with Crippen LogP contribution >= 0.6 is 23.2 Å². The Kier molecular flexibility index (Phi) is 5.87. The summed E-state index contributed by atoms with van der Waals surface area (Å²) in [6.45, 7) is 0. The Balaban J connectivity index is 1.72. The van der Waals surface area contributed by atoms with Gasteiger partial charge < -0.3 is 19.5 Å². The van der Waals surface area contributed by atoms with Gasteiger partial charge in [-0.05, 0) is 48.7 Å². The van der Waals surface area contributed by atoms with Gasteiger partial charge in [0.2, 0.25) is 11.7 Å². The number of benzene rings is 2. The minimum atomic E-state index is -0.528. The monoisotopic (exact) mass is 500 g/mol. The summed E-state index contributed by atoms with van der Waals surface area (Å²) < 4.78 is 18.3. The molecule has 34 heavy (non-hydrogen) atoms. The molecule has 3 aromatic rings. The molecule has 0 saturated carbocycles. The SMILES string of the molecule is COc1cc(C2C3=C(CCCC3=O)Nc3nc(-c4ccc(Cl)cc4Cl)nn32)cc(OC)c1OC. The summed E-state index contributed by atoms with van der Waals surface area (Å²) in [6.07, 6.45) is 1.99. The van der Waals surface area contributed by atoms with Gasteiger partial charge in [0.25, 0.3) is 0 Å². The normalized spacial score (nSPS) is 17.1. The van der Waals surface area contributed by atoms with E-state index in [1.54, 1.807) is 44.2 Å². The Morgan fingerprint density at radius 1 is 1.03 bits per heavy atom. The molecule has 1 aliphatic heterocycles. The van der Waals surface area contributed by atoms with Gasteiger partial charge in [-0.15, -0.1) is 5.10 Å². The fourth-order valence-corrected chi connectivity index (χ4v) is 5.00. The highest BCUT2D eigenvalue weighted by Gasteiger charge is 2.38. The van der Waals surface area contributed by atoms with E-state index in [1.807, 2.05) is 12.1 Å². The van der Waals surface area contributed by atoms with Crippen LogP contribution in [0.1, 0.15) is 30.9 Å². The first kappa shape index (κ1) is 22.6. The van der Waals surface area contributed by atoms with Gasteiger partial charge in [0.1, 0.15) is 6.04 Å². The molecule has 1 aromatic heterocycles. The predicted molar refractivity (Wildman–Crippen MR) is 129 cm³/mol. The third kappa shape index (κ3) is 3.67. The summed E-state index contributed by atoms with van der Waals surface area (Å²) in [4.78, 5) is 17.8. The maximum atomic E-state index is 13.1. The van der Waals surface area contributed by atoms with Gasteiger partial charge in [-0.25, -0.2) is 4.68 Å². The maximum Gasteiger partial charge on any atom is 0.226 e. The van der Waals surface area contributed by atoms with Crippen molar-refractivity contribution in [1.29, 1.82) is 0 Å². The van der Waals surface area contributed by atoms with E-state index in [0.717, 1.165) is 24.1 Å². The van der Waals surface area contributed by atoms with Gasteiger partial charge in [0.05, 0.1) is 26.4 Å². The number of aromatic nitrogens is 3. The smallest absolute Gasteiger partial charge is 0.226 e. The molecule has 8 nitrogen and oxygen atoms in total. The highest BCUT2D eigenvalue weighted by molar-refractivity contribution is 6.36. The number of methoxy groups -OCH3 is 3. The molecule has 2 heterocycles. The van der Waals surface area contributed by atoms with Crippen molar-refractivity contribution in [3.63, 3.8) is 0 Å². The molecule has 2 aliphatic rings. The Bertz CT molecular complexity index is 1310. The van der Waals surface area contributed by atoms with Crippen molar-refractivity contribution < 1.29 is 19.0 Å². The Morgan fingerprint density at radius 3 is 2.41 bits per heavy atom. The Labute approximate surface area is 206 Å². The van der Waals surface area contributed by atoms with Crippen LogP contribution in [0, 0.1) is 0 Å². The molecular weight excluding hydrogens is 479 g/mol. The number of rotatable bonds is 5. The summed E-state index contributed by atoms with van der Waals surface area (Å²) in [5.41, 5.74) is 2.91. The molecule has 5 rings (SSSR count). The topological polar surface area (TPSA) is 87.5 Å². The lowest BCUT2D eigenvalue weighted by Crippen LogP contribution is -2.31. The number of nitrogens with zero attached hydrogens (tertiary/aromatic N) is 3. The Morgan fingerprint density at radius 2 is 1.76 bits per heavy atom. The van der Waals surface area contributed by atoms with E-state index in [2.05, 4.69) is 5.32 Å². The van der Waals surface area contributed by atoms with Crippen molar-refractivity contribution in [2.24, 2.45) is 0 Å². The number of fused-ring (bicyclic) bond motifs is 1. The number of hydrogen-bond acceptors (Lipinski definition) is 7. The van der Waals surface area contributed by atoms with E-state index in [9.17, 15) is 4.79 Å². The second-order valence-corrected chi connectivity index (χ2v) is 8.83. The zero-order valence-electron chi connectivity index (χ0n) is 18.8. The van der Waals surface area contributed by atoms with Gasteiger partial charge in [0, 0.05) is 28.3 Å². The summed E-state index contributed by atoms with van der Waals surface area (Å²) >= 11 is 12.5. The lowest BCUT2D eigenvalue weighted by atomic mass is 9.85. The van der Waals surface area contributed by atoms with Crippen LogP contribution in [0.2, 0.25) is 10.0 Å². The first-order valence-electron chi connectivity index (χ1n) is 10.7. The van der Waals surface area contributed by atoms with E-state index in [0.29, 0.717) is 56.6 Å². The summed E-state index contributed by atoms with van der Waals surface area (Å²) in [5.74, 6) is 2.47. The average molecular weight is 501 g/mol. The number of hydrogen-bond donors (Lipinski definition) is 1. The molecule has 0 radical (unpaired) electrons. The first-order chi connectivity index (χ1) is 16.4. The van der Waals surface area contributed by atoms with Gasteiger partial charge in [-0.2, -0.15) is 4.98 Å². The number of halogens is 2. The summed E-state index contributed by atoms with van der Waals surface area (Å²) in [7, 11) is 4.66. The van der Waals surface area contributed by atoms with Crippen LogP contribution in [0.3, 0.4) is 0 Å². The lowest BCUT2D eigenvalue weighted by molar-refractivity contribution is -0.116. The molecule has 10 heteroatoms. The molecule has 1 atom stereocenters. The van der Waals surface area contributed by atoms with Crippen LogP contribution in [0.15, 0.2) is 41.6 Å². The summed E-state index contributed by atoms with van der Waals surface area (Å²) in [6, 6.07) is 8.31. The molecular formula is C24H22Cl2N4O4. The maximum absolute atomic E-state index is 13.1. The van der Waals surface area contributed by atoms with Crippen LogP contribution in [0.5, 0.6) is 17.2 Å². The molecule has 0 amide bonds. The van der Waals surface area contributed by atoms with E-state index in [-0.39, 0.29) is 5.78 Å². The molecule has 0 saturated heterocycles. The van der Waals surface area contributed by atoms with Crippen molar-refractivity contribution in [3.05, 3.63) is 57.2 Å². The van der Waals surface area contributed by atoms with E-state index in [4.69, 9.17) is 47.5 Å². The molecule has 0 bridgehead atoms. The van der Waals surface area contributed by atoms with E-state index < -0.39 is 6.04 Å². The fourth-order valence-electron chi connectivity index (χ4n) is 4.51. The van der Waals surface area contributed by atoms with Gasteiger partial charge in [-0.1, -0.05) is 23.2 Å². The molecule has 1 aliphatic carbocycles. The van der Waals surface area contributed by atoms with Crippen LogP contribution < -0.4 is 19.5 Å². The third-order valence-corrected chi connectivity index (χ3v) is 6.59. The van der Waals surface area contributed by atoms with Gasteiger partial charge in [-0.3, -0.25) is 4.79 Å². The second-order valence-electron chi connectivity index (χ2n) is 7.98. The minimum Gasteiger partial charge on any atom is -0.493 e. The largest absolute Gasteiger partial charge is 0.493 e. The van der Waals surface area contributed by atoms with Crippen LogP contribution in [-0.2, 0) is 4.79 Å². The fraction of sp³-hybridized carbons (Fsp3) is 0.292. The predicted octanol–water partition coefficient (Wildman–Crippen LogP) is 5.30. The van der Waals surface area contributed by atoms with Crippen LogP contribution in [0.4, 0.5) is 5.95 Å². The van der Waals surface area contributed by atoms with Crippen molar-refractivity contribution in [2.45, 2.75) is 25.3 Å². The standard InChI is InChI=1S/C24H22Cl2N4O4/c1-32-18-9-12(10-19(33-2)22(18)34-3)21-20-16(5-4-6-17(20)31)27-24-28-23(29-30(21)24)14-8-7-13(25)11-15(14)26/h7-11,21H,4-6H2,1-3H3,(H,27,28,29). The van der Waals surface area contributed by atoms with Crippen molar-refractivity contribution in [3.8, 4) is 28.6 Å². The van der Waals surface area contributed by atoms with Crippen LogP contribution in [0.25, 0.3) is 11.4 Å². The highest BCUT2D eigenvalue weighted by Crippen LogP contribution is 2.46. The minimum absolute atomic E-state index is 0.0692. The molecule has 0 spiro atoms. The number of allylic oxidation sites excluding steroid dienone is 2. The van der Waals surface area contributed by atoms with Crippen molar-refractivity contribution in [1.82, 2.24) is 14.8 Å². The number of anilines is 1. The van der Waals surface area contributed by atoms with Gasteiger partial charge in [0.15, 0.2) is 23.1 Å². The number of nitrogens with one attached hydrogen (secondary N) is 1. The Hall–Kier alpha value is -3.23. The number of carbonyl (C=O) groups is 1. The lowest BCUT2D eigenvalue weighted by Gasteiger charge is -2.32. The molecule has 176 valence electrons. The van der Waals surface area contributed by atoms with Crippen molar-refractivity contribution in [2.75, 3.05) is 26.6 Å². The van der Waals surface area contributed by atoms with E-state index >= 15 is 0 Å². The van der Waals surface area contributed by atoms with E-state index in [1.165, 1.54) is 0 Å². The third-order valence-electron chi connectivity index (χ3n) is 6.04. The quantitative estimate of drug-likeness (QED) is 0.508. The number of ether oxygens (including phenoxy) is 3. The zero-order chi connectivity index (χ0) is 24.0. The number of ketones is 1. The number of carbonyl (C=O) groups excluding carboxylic acids is 1. The highest BCUT2D eigenvalue weighted by atomic mass is 35.5. The van der Waals surface area contributed by atoms with Crippen LogP contribution in [-0.4, -0.2) is 41.9 Å². The summed E-state index contributed by atoms with van der Waals surface area (Å²) in [5, 5.41) is 9.05. The first-order valence-corrected chi connectivity index (χ1v) is 11.5. The molecule has 2 aromatic carbocycles. The second kappa shape index (κ2) is 8.85. The molecule has 1 N–H and O–H groups in total. The number of Topliss-reactive ketones (excluding diaryl/α,β-unsaturated/α-hetero) is 1. The molecule has 0 fully saturated rings. The molecule has 1 unspecified atom stereocenters. The average Bonchev–Trinajstić information content (AvgIpc) is 3.25. The van der Waals surface area contributed by atoms with Crippen molar-refractivity contribution >= 4 is 34.9 Å². The van der Waals surface area contributed by atoms with Gasteiger partial charge >= 0.3 is 0 Å².